The van der Waals surface area contributed by atoms with E-state index in [0.717, 1.165) is 26.1 Å². The normalized spacial score (nSPS) is 20.9. The summed E-state index contributed by atoms with van der Waals surface area (Å²) in [4.78, 5) is 16.1. The molecule has 0 aromatic rings. The van der Waals surface area contributed by atoms with Crippen LogP contribution in [0.2, 0.25) is 0 Å². The summed E-state index contributed by atoms with van der Waals surface area (Å²) in [5.74, 6) is 0.658. The van der Waals surface area contributed by atoms with Crippen molar-refractivity contribution in [3.05, 3.63) is 0 Å². The van der Waals surface area contributed by atoms with E-state index in [1.54, 1.807) is 0 Å². The van der Waals surface area contributed by atoms with Crippen molar-refractivity contribution in [3.63, 3.8) is 0 Å². The van der Waals surface area contributed by atoms with E-state index in [2.05, 4.69) is 25.8 Å². The number of amides is 1. The average Bonchev–Trinajstić information content (AvgIpc) is 2.61. The van der Waals surface area contributed by atoms with Crippen molar-refractivity contribution in [2.45, 2.75) is 52.7 Å². The van der Waals surface area contributed by atoms with Gasteiger partial charge in [-0.2, -0.15) is 0 Å². The Morgan fingerprint density at radius 2 is 2.06 bits per heavy atom. The minimum Gasteiger partial charge on any atom is -0.444 e. The lowest BCUT2D eigenvalue weighted by molar-refractivity contribution is 0.0282. The van der Waals surface area contributed by atoms with E-state index >= 15 is 0 Å². The lowest BCUT2D eigenvalue weighted by atomic mass is 10.1. The molecule has 0 aromatic carbocycles. The fourth-order valence-corrected chi connectivity index (χ4v) is 2.32. The lowest BCUT2D eigenvalue weighted by Crippen LogP contribution is -2.40. The van der Waals surface area contributed by atoms with Gasteiger partial charge in [0.25, 0.3) is 0 Å². The van der Waals surface area contributed by atoms with Crippen LogP contribution in [-0.4, -0.2) is 54.2 Å². The second-order valence-corrected chi connectivity index (χ2v) is 6.70. The Morgan fingerprint density at radius 3 is 2.56 bits per heavy atom. The fourth-order valence-electron chi connectivity index (χ4n) is 2.32. The Hall–Kier alpha value is -0.770. The number of likely N-dealkylation sites (N-methyl/N-ethyl adjacent to an activating group) is 1. The Kier molecular flexibility index (Phi) is 5.02. The highest BCUT2D eigenvalue weighted by atomic mass is 16.6. The summed E-state index contributed by atoms with van der Waals surface area (Å²) in [6.07, 6.45) is 0.866. The van der Waals surface area contributed by atoms with Crippen LogP contribution in [0.4, 0.5) is 4.79 Å². The summed E-state index contributed by atoms with van der Waals surface area (Å²) >= 11 is 0. The Morgan fingerprint density at radius 1 is 1.44 bits per heavy atom. The first-order chi connectivity index (χ1) is 8.19. The smallest absolute Gasteiger partial charge is 0.410 e. The molecule has 1 saturated heterocycles. The summed E-state index contributed by atoms with van der Waals surface area (Å²) in [6.45, 7) is 12.8. The zero-order valence-electron chi connectivity index (χ0n) is 12.7. The number of carbonyl (C=O) groups is 1. The van der Waals surface area contributed by atoms with E-state index in [0.29, 0.717) is 12.0 Å². The van der Waals surface area contributed by atoms with Crippen LogP contribution in [0, 0.1) is 5.92 Å². The second-order valence-electron chi connectivity index (χ2n) is 6.70. The number of carbonyl (C=O) groups excluding carboxylic acids is 1. The molecule has 0 spiro atoms. The van der Waals surface area contributed by atoms with E-state index in [9.17, 15) is 4.79 Å². The third-order valence-electron chi connectivity index (χ3n) is 3.09. The molecule has 106 valence electrons. The van der Waals surface area contributed by atoms with Crippen LogP contribution in [0.25, 0.3) is 0 Å². The summed E-state index contributed by atoms with van der Waals surface area (Å²) < 4.78 is 5.40. The van der Waals surface area contributed by atoms with Crippen molar-refractivity contribution in [2.24, 2.45) is 5.92 Å². The predicted molar refractivity (Wildman–Crippen MR) is 73.7 cm³/mol. The highest BCUT2D eigenvalue weighted by Gasteiger charge is 2.31. The van der Waals surface area contributed by atoms with Gasteiger partial charge in [-0.25, -0.2) is 4.79 Å². The molecule has 1 aliphatic rings. The molecular weight excluding hydrogens is 228 g/mol. The molecular formula is C14H28N2O2. The molecule has 0 radical (unpaired) electrons. The average molecular weight is 256 g/mol. The molecule has 0 aromatic heterocycles. The quantitative estimate of drug-likeness (QED) is 0.778. The van der Waals surface area contributed by atoms with Gasteiger partial charge in [0.15, 0.2) is 0 Å². The van der Waals surface area contributed by atoms with Gasteiger partial charge in [-0.3, -0.25) is 0 Å². The minimum absolute atomic E-state index is 0.178. The third kappa shape index (κ3) is 4.84. The predicted octanol–water partition coefficient (Wildman–Crippen LogP) is 2.58. The van der Waals surface area contributed by atoms with Gasteiger partial charge in [-0.05, 0) is 40.2 Å². The van der Waals surface area contributed by atoms with Gasteiger partial charge in [-0.1, -0.05) is 13.8 Å². The molecule has 0 bridgehead atoms. The Labute approximate surface area is 111 Å². The van der Waals surface area contributed by atoms with Crippen LogP contribution >= 0.6 is 0 Å². The number of nitrogens with zero attached hydrogens (tertiary/aromatic N) is 2. The zero-order chi connectivity index (χ0) is 13.9. The van der Waals surface area contributed by atoms with Gasteiger partial charge in [0.1, 0.15) is 5.60 Å². The molecule has 1 atom stereocenters. The number of likely N-dealkylation sites (tertiary alicyclic amines) is 1. The molecule has 0 unspecified atom stereocenters. The van der Waals surface area contributed by atoms with Crippen molar-refractivity contribution in [1.29, 1.82) is 0 Å². The molecule has 0 N–H and O–H groups in total. The van der Waals surface area contributed by atoms with E-state index in [-0.39, 0.29) is 6.09 Å². The number of hydrogen-bond acceptors (Lipinski definition) is 3. The monoisotopic (exact) mass is 256 g/mol. The molecule has 4 heteroatoms. The highest BCUT2D eigenvalue weighted by molar-refractivity contribution is 5.68. The van der Waals surface area contributed by atoms with Gasteiger partial charge in [0.05, 0.1) is 0 Å². The first kappa shape index (κ1) is 15.3. The van der Waals surface area contributed by atoms with Crippen LogP contribution < -0.4 is 0 Å². The third-order valence-corrected chi connectivity index (χ3v) is 3.09. The van der Waals surface area contributed by atoms with Gasteiger partial charge < -0.3 is 14.5 Å². The molecule has 1 aliphatic heterocycles. The summed E-state index contributed by atoms with van der Waals surface area (Å²) in [7, 11) is 2.14. The van der Waals surface area contributed by atoms with Crippen molar-refractivity contribution in [1.82, 2.24) is 9.80 Å². The molecule has 1 fully saturated rings. The number of rotatable bonds is 3. The first-order valence-corrected chi connectivity index (χ1v) is 6.87. The van der Waals surface area contributed by atoms with Crippen molar-refractivity contribution in [2.75, 3.05) is 26.7 Å². The maximum absolute atomic E-state index is 11.9. The SMILES string of the molecule is CC(C)CN(C)[C@H]1CCN(C(=O)OC(C)(C)C)C1. The molecule has 0 saturated carbocycles. The zero-order valence-corrected chi connectivity index (χ0v) is 12.7. The lowest BCUT2D eigenvalue weighted by Gasteiger charge is -2.27. The van der Waals surface area contributed by atoms with E-state index in [1.165, 1.54) is 0 Å². The van der Waals surface area contributed by atoms with Gasteiger partial charge in [-0.15, -0.1) is 0 Å². The standard InChI is InChI=1S/C14H28N2O2/c1-11(2)9-15(6)12-7-8-16(10-12)13(17)18-14(3,4)5/h11-12H,7-10H2,1-6H3/t12-/m0/s1. The maximum atomic E-state index is 11.9. The largest absolute Gasteiger partial charge is 0.444 e. The molecule has 0 aliphatic carbocycles. The van der Waals surface area contributed by atoms with Crippen LogP contribution in [0.1, 0.15) is 41.0 Å². The highest BCUT2D eigenvalue weighted by Crippen LogP contribution is 2.18. The molecule has 1 amide bonds. The van der Waals surface area contributed by atoms with Gasteiger partial charge in [0.2, 0.25) is 0 Å². The van der Waals surface area contributed by atoms with Gasteiger partial charge in [0, 0.05) is 25.7 Å². The van der Waals surface area contributed by atoms with Gasteiger partial charge >= 0.3 is 6.09 Å². The molecule has 1 heterocycles. The summed E-state index contributed by atoms with van der Waals surface area (Å²) in [6, 6.07) is 0.472. The van der Waals surface area contributed by atoms with E-state index < -0.39 is 5.60 Å². The summed E-state index contributed by atoms with van der Waals surface area (Å²) in [5.41, 5.74) is -0.404. The number of hydrogen-bond donors (Lipinski definition) is 0. The molecule has 18 heavy (non-hydrogen) atoms. The topological polar surface area (TPSA) is 32.8 Å². The van der Waals surface area contributed by atoms with Crippen molar-refractivity contribution < 1.29 is 9.53 Å². The summed E-state index contributed by atoms with van der Waals surface area (Å²) in [5, 5.41) is 0. The van der Waals surface area contributed by atoms with Crippen molar-refractivity contribution in [3.8, 4) is 0 Å². The van der Waals surface area contributed by atoms with Crippen LogP contribution in [0.5, 0.6) is 0 Å². The Bertz CT molecular complexity index is 284. The van der Waals surface area contributed by atoms with Crippen LogP contribution in [0.15, 0.2) is 0 Å². The van der Waals surface area contributed by atoms with Crippen LogP contribution in [0.3, 0.4) is 0 Å². The maximum Gasteiger partial charge on any atom is 0.410 e. The van der Waals surface area contributed by atoms with E-state index in [4.69, 9.17) is 4.74 Å². The van der Waals surface area contributed by atoms with Crippen molar-refractivity contribution >= 4 is 6.09 Å². The fraction of sp³-hybridized carbons (Fsp3) is 0.929. The second kappa shape index (κ2) is 5.91. The molecule has 4 nitrogen and oxygen atoms in total. The van der Waals surface area contributed by atoms with Crippen LogP contribution in [-0.2, 0) is 4.74 Å². The molecule has 1 rings (SSSR count). The first-order valence-electron chi connectivity index (χ1n) is 6.87. The number of ether oxygens (including phenoxy) is 1. The Balaban J connectivity index is 2.43. The van der Waals surface area contributed by atoms with E-state index in [1.807, 2.05) is 25.7 Å². The minimum atomic E-state index is -0.404.